The predicted molar refractivity (Wildman–Crippen MR) is 76.5 cm³/mol. The van der Waals surface area contributed by atoms with E-state index in [9.17, 15) is 4.79 Å². The van der Waals surface area contributed by atoms with E-state index in [1.165, 1.54) is 44.7 Å². The molecule has 0 radical (unpaired) electrons. The molecule has 4 aliphatic carbocycles. The molecule has 1 aromatic rings. The number of halogens is 1. The van der Waals surface area contributed by atoms with E-state index in [-0.39, 0.29) is 5.91 Å². The quantitative estimate of drug-likeness (QED) is 0.900. The van der Waals surface area contributed by atoms with Crippen molar-refractivity contribution in [3.8, 4) is 0 Å². The van der Waals surface area contributed by atoms with Crippen LogP contribution in [0.5, 0.6) is 0 Å². The second-order valence-electron chi connectivity index (χ2n) is 7.19. The highest BCUT2D eigenvalue weighted by Gasteiger charge is 2.50. The molecule has 1 amide bonds. The molecule has 0 aromatic carbocycles. The molecule has 0 atom stereocenters. The smallest absolute Gasteiger partial charge is 0.270 e. The second kappa shape index (κ2) is 4.48. The Kier molecular flexibility index (Phi) is 2.85. The Morgan fingerprint density at radius 2 is 1.90 bits per heavy atom. The van der Waals surface area contributed by atoms with Gasteiger partial charge in [-0.3, -0.25) is 9.89 Å². The van der Waals surface area contributed by atoms with Gasteiger partial charge in [0.25, 0.3) is 5.91 Å². The molecule has 0 unspecified atom stereocenters. The summed E-state index contributed by atoms with van der Waals surface area (Å²) < 4.78 is 0. The van der Waals surface area contributed by atoms with E-state index in [2.05, 4.69) is 15.5 Å². The van der Waals surface area contributed by atoms with Gasteiger partial charge in [-0.15, -0.1) is 0 Å². The van der Waals surface area contributed by atoms with Crippen LogP contribution in [0, 0.1) is 23.2 Å². The van der Waals surface area contributed by atoms with Gasteiger partial charge in [-0.25, -0.2) is 0 Å². The van der Waals surface area contributed by atoms with Crippen LogP contribution in [0.1, 0.15) is 49.0 Å². The fraction of sp³-hybridized carbons (Fsp3) is 0.733. The largest absolute Gasteiger partial charge is 0.350 e. The number of aromatic amines is 1. The van der Waals surface area contributed by atoms with E-state index < -0.39 is 0 Å². The van der Waals surface area contributed by atoms with E-state index in [1.54, 1.807) is 0 Å². The third-order valence-electron chi connectivity index (χ3n) is 5.61. The molecule has 4 nitrogen and oxygen atoms in total. The Morgan fingerprint density at radius 3 is 2.40 bits per heavy atom. The highest BCUT2D eigenvalue weighted by molar-refractivity contribution is 6.33. The number of rotatable bonds is 3. The van der Waals surface area contributed by atoms with E-state index >= 15 is 0 Å². The average Bonchev–Trinajstić information content (AvgIpc) is 2.81. The Morgan fingerprint density at radius 1 is 1.30 bits per heavy atom. The molecule has 20 heavy (non-hydrogen) atoms. The van der Waals surface area contributed by atoms with Crippen molar-refractivity contribution in [2.45, 2.75) is 38.5 Å². The third kappa shape index (κ3) is 2.05. The lowest BCUT2D eigenvalue weighted by Crippen LogP contribution is -2.51. The maximum Gasteiger partial charge on any atom is 0.270 e. The Hall–Kier alpha value is -1.03. The number of nitrogens with one attached hydrogen (secondary N) is 2. The van der Waals surface area contributed by atoms with Crippen LogP contribution in [0.15, 0.2) is 6.20 Å². The summed E-state index contributed by atoms with van der Waals surface area (Å²) >= 11 is 5.93. The molecular formula is C15H20ClN3O. The maximum atomic E-state index is 12.2. The first-order chi connectivity index (χ1) is 9.63. The molecule has 1 aromatic heterocycles. The van der Waals surface area contributed by atoms with Gasteiger partial charge in [0.15, 0.2) is 0 Å². The molecule has 0 saturated heterocycles. The number of carbonyl (C=O) groups excluding carboxylic acids is 1. The maximum absolute atomic E-state index is 12.2. The number of carbonyl (C=O) groups is 1. The number of nitrogens with zero attached hydrogens (tertiary/aromatic N) is 1. The minimum absolute atomic E-state index is 0.122. The lowest BCUT2D eigenvalue weighted by Gasteiger charge is -2.56. The lowest BCUT2D eigenvalue weighted by molar-refractivity contribution is -0.0503. The Labute approximate surface area is 123 Å². The van der Waals surface area contributed by atoms with Crippen molar-refractivity contribution in [1.29, 1.82) is 0 Å². The summed E-state index contributed by atoms with van der Waals surface area (Å²) in [6.45, 7) is 0.796. The van der Waals surface area contributed by atoms with Crippen molar-refractivity contribution in [3.63, 3.8) is 0 Å². The summed E-state index contributed by atoms with van der Waals surface area (Å²) in [7, 11) is 0. The van der Waals surface area contributed by atoms with Crippen LogP contribution in [0.3, 0.4) is 0 Å². The van der Waals surface area contributed by atoms with Crippen molar-refractivity contribution in [2.75, 3.05) is 6.54 Å². The van der Waals surface area contributed by atoms with Gasteiger partial charge >= 0.3 is 0 Å². The van der Waals surface area contributed by atoms with E-state index in [0.29, 0.717) is 16.1 Å². The first kappa shape index (κ1) is 12.7. The summed E-state index contributed by atoms with van der Waals surface area (Å²) in [5.74, 6) is 2.61. The standard InChI is InChI=1S/C15H20ClN3O/c16-12-7-18-19-13(12)14(20)17-8-15-4-9-1-10(5-15)3-11(2-9)6-15/h7,9-11H,1-6,8H2,(H,17,20)(H,18,19). The number of amides is 1. The van der Waals surface area contributed by atoms with E-state index in [1.807, 2.05) is 0 Å². The topological polar surface area (TPSA) is 57.8 Å². The molecule has 0 aliphatic heterocycles. The van der Waals surface area contributed by atoms with Crippen molar-refractivity contribution in [2.24, 2.45) is 23.2 Å². The minimum atomic E-state index is -0.122. The van der Waals surface area contributed by atoms with Crippen LogP contribution in [-0.4, -0.2) is 22.6 Å². The molecule has 4 fully saturated rings. The lowest BCUT2D eigenvalue weighted by atomic mass is 9.49. The van der Waals surface area contributed by atoms with Gasteiger partial charge in [0.1, 0.15) is 5.69 Å². The van der Waals surface area contributed by atoms with Crippen LogP contribution in [0.4, 0.5) is 0 Å². The third-order valence-corrected chi connectivity index (χ3v) is 5.90. The molecule has 4 saturated carbocycles. The molecule has 5 rings (SSSR count). The highest BCUT2D eigenvalue weighted by atomic mass is 35.5. The number of hydrogen-bond donors (Lipinski definition) is 2. The number of aromatic nitrogens is 2. The van der Waals surface area contributed by atoms with Crippen LogP contribution in [0.25, 0.3) is 0 Å². The Balaban J connectivity index is 1.45. The first-order valence-electron chi connectivity index (χ1n) is 7.61. The zero-order valence-electron chi connectivity index (χ0n) is 11.5. The molecule has 2 N–H and O–H groups in total. The van der Waals surface area contributed by atoms with Crippen molar-refractivity contribution in [3.05, 3.63) is 16.9 Å². The van der Waals surface area contributed by atoms with Gasteiger partial charge in [-0.1, -0.05) is 11.6 Å². The summed E-state index contributed by atoms with van der Waals surface area (Å²) in [4.78, 5) is 12.2. The van der Waals surface area contributed by atoms with Gasteiger partial charge in [0.05, 0.1) is 11.2 Å². The molecule has 0 spiro atoms. The van der Waals surface area contributed by atoms with Gasteiger partial charge in [0.2, 0.25) is 0 Å². The monoisotopic (exact) mass is 293 g/mol. The van der Waals surface area contributed by atoms with Crippen molar-refractivity contribution < 1.29 is 4.79 Å². The van der Waals surface area contributed by atoms with Crippen molar-refractivity contribution >= 4 is 17.5 Å². The molecule has 4 bridgehead atoms. The molecule has 1 heterocycles. The predicted octanol–water partition coefficient (Wildman–Crippen LogP) is 3.01. The fourth-order valence-corrected chi connectivity index (χ4v) is 5.47. The van der Waals surface area contributed by atoms with E-state index in [4.69, 9.17) is 11.6 Å². The normalized spacial score (nSPS) is 38.1. The second-order valence-corrected chi connectivity index (χ2v) is 7.60. The zero-order chi connectivity index (χ0) is 13.7. The number of H-pyrrole nitrogens is 1. The summed E-state index contributed by atoms with van der Waals surface area (Å²) in [6, 6.07) is 0. The first-order valence-corrected chi connectivity index (χ1v) is 7.98. The van der Waals surface area contributed by atoms with Gasteiger partial charge < -0.3 is 5.32 Å². The van der Waals surface area contributed by atoms with Gasteiger partial charge in [-0.2, -0.15) is 5.10 Å². The summed E-state index contributed by atoms with van der Waals surface area (Å²) in [5, 5.41) is 9.95. The minimum Gasteiger partial charge on any atom is -0.350 e. The fourth-order valence-electron chi connectivity index (χ4n) is 5.29. The van der Waals surface area contributed by atoms with E-state index in [0.717, 1.165) is 24.3 Å². The summed E-state index contributed by atoms with van der Waals surface area (Å²) in [6.07, 6.45) is 9.67. The Bertz CT molecular complexity index is 504. The van der Waals surface area contributed by atoms with Crippen LogP contribution in [0.2, 0.25) is 5.02 Å². The van der Waals surface area contributed by atoms with Gasteiger partial charge in [-0.05, 0) is 61.7 Å². The molecule has 108 valence electrons. The highest BCUT2D eigenvalue weighted by Crippen LogP contribution is 2.59. The van der Waals surface area contributed by atoms with Crippen LogP contribution < -0.4 is 5.32 Å². The van der Waals surface area contributed by atoms with Crippen molar-refractivity contribution in [1.82, 2.24) is 15.5 Å². The average molecular weight is 294 g/mol. The molecule has 5 heteroatoms. The summed E-state index contributed by atoms with van der Waals surface area (Å²) in [5.41, 5.74) is 0.744. The van der Waals surface area contributed by atoms with Crippen LogP contribution in [-0.2, 0) is 0 Å². The number of hydrogen-bond acceptors (Lipinski definition) is 2. The SMILES string of the molecule is O=C(NCC12CC3CC(CC(C3)C1)C2)c1[nH]ncc1Cl. The zero-order valence-corrected chi connectivity index (χ0v) is 12.2. The van der Waals surface area contributed by atoms with Crippen LogP contribution >= 0.6 is 11.6 Å². The molecular weight excluding hydrogens is 274 g/mol. The van der Waals surface area contributed by atoms with Gasteiger partial charge in [0, 0.05) is 6.54 Å². The molecule has 4 aliphatic rings.